The largest absolute Gasteiger partial charge is 0.416 e. The first kappa shape index (κ1) is 22.0. The van der Waals surface area contributed by atoms with Crippen LogP contribution in [0.4, 0.5) is 28.9 Å². The van der Waals surface area contributed by atoms with Crippen molar-refractivity contribution in [2.24, 2.45) is 5.10 Å². The van der Waals surface area contributed by atoms with Gasteiger partial charge in [-0.05, 0) is 24.3 Å². The number of para-hydroxylation sites is 1. The first-order chi connectivity index (χ1) is 15.7. The van der Waals surface area contributed by atoms with E-state index in [-0.39, 0.29) is 18.0 Å². The summed E-state index contributed by atoms with van der Waals surface area (Å²) in [7, 11) is 0. The second-order valence-electron chi connectivity index (χ2n) is 7.18. The van der Waals surface area contributed by atoms with Crippen LogP contribution in [0, 0.1) is 15.9 Å². The van der Waals surface area contributed by atoms with Gasteiger partial charge in [0.1, 0.15) is 11.5 Å². The number of hydrogen-bond donors (Lipinski definition) is 1. The summed E-state index contributed by atoms with van der Waals surface area (Å²) in [5.74, 6) is -0.332. The SMILES string of the molecule is O=[N+]([O-])c1cc(C(F)(F)F)ccc1N/N=C\c1cn(Cc2ccccc2F)c2ccccc12. The second-order valence-corrected chi connectivity index (χ2v) is 7.18. The lowest BCUT2D eigenvalue weighted by Crippen LogP contribution is -2.06. The molecule has 0 fully saturated rings. The van der Waals surface area contributed by atoms with E-state index in [1.807, 2.05) is 28.8 Å². The van der Waals surface area contributed by atoms with Gasteiger partial charge in [0, 0.05) is 34.3 Å². The Morgan fingerprint density at radius 2 is 1.79 bits per heavy atom. The first-order valence-corrected chi connectivity index (χ1v) is 9.70. The molecule has 33 heavy (non-hydrogen) atoms. The molecule has 168 valence electrons. The first-order valence-electron chi connectivity index (χ1n) is 9.70. The number of aromatic nitrogens is 1. The molecule has 0 bridgehead atoms. The predicted molar refractivity (Wildman–Crippen MR) is 117 cm³/mol. The van der Waals surface area contributed by atoms with Crippen molar-refractivity contribution in [2.75, 3.05) is 5.43 Å². The molecule has 1 N–H and O–H groups in total. The molecule has 0 amide bonds. The van der Waals surface area contributed by atoms with Crippen LogP contribution < -0.4 is 5.43 Å². The summed E-state index contributed by atoms with van der Waals surface area (Å²) in [4.78, 5) is 10.3. The molecule has 0 saturated heterocycles. The summed E-state index contributed by atoms with van der Waals surface area (Å²) in [5, 5.41) is 16.0. The standard InChI is InChI=1S/C23H16F4N4O2/c24-19-7-3-1-5-15(19)13-30-14-16(18-6-2-4-8-21(18)30)12-28-29-20-10-9-17(23(25,26)27)11-22(20)31(32)33/h1-12,14,29H,13H2/b28-12-. The molecule has 1 aromatic heterocycles. The lowest BCUT2D eigenvalue weighted by molar-refractivity contribution is -0.384. The van der Waals surface area contributed by atoms with Crippen molar-refractivity contribution in [3.05, 3.63) is 106 Å². The lowest BCUT2D eigenvalue weighted by atomic mass is 10.1. The predicted octanol–water partition coefficient (Wildman–Crippen LogP) is 6.20. The molecule has 0 aliphatic heterocycles. The number of nitrogens with one attached hydrogen (secondary N) is 1. The highest BCUT2D eigenvalue weighted by molar-refractivity contribution is 5.99. The van der Waals surface area contributed by atoms with Crippen molar-refractivity contribution in [2.45, 2.75) is 12.7 Å². The number of nitrogens with zero attached hydrogens (tertiary/aromatic N) is 3. The van der Waals surface area contributed by atoms with Crippen molar-refractivity contribution in [1.82, 2.24) is 4.57 Å². The molecule has 10 heteroatoms. The van der Waals surface area contributed by atoms with E-state index in [1.165, 1.54) is 12.3 Å². The van der Waals surface area contributed by atoms with E-state index in [4.69, 9.17) is 0 Å². The Morgan fingerprint density at radius 1 is 1.06 bits per heavy atom. The minimum absolute atomic E-state index is 0.181. The molecule has 1 heterocycles. The molecular weight excluding hydrogens is 440 g/mol. The third kappa shape index (κ3) is 4.69. The summed E-state index contributed by atoms with van der Waals surface area (Å²) in [6, 6.07) is 15.9. The molecule has 0 atom stereocenters. The zero-order valence-corrected chi connectivity index (χ0v) is 16.9. The summed E-state index contributed by atoms with van der Waals surface area (Å²) in [6.07, 6.45) is -1.54. The molecule has 0 aliphatic carbocycles. The van der Waals surface area contributed by atoms with Crippen LogP contribution in [-0.4, -0.2) is 15.7 Å². The Morgan fingerprint density at radius 3 is 2.52 bits per heavy atom. The number of nitro benzene ring substituents is 1. The van der Waals surface area contributed by atoms with Crippen molar-refractivity contribution < 1.29 is 22.5 Å². The molecule has 0 unspecified atom stereocenters. The van der Waals surface area contributed by atoms with Crippen LogP contribution in [0.1, 0.15) is 16.7 Å². The normalized spacial score (nSPS) is 11.9. The molecule has 0 radical (unpaired) electrons. The van der Waals surface area contributed by atoms with Crippen molar-refractivity contribution in [3.63, 3.8) is 0 Å². The third-order valence-electron chi connectivity index (χ3n) is 5.03. The maximum Gasteiger partial charge on any atom is 0.416 e. The van der Waals surface area contributed by atoms with Crippen LogP contribution in [-0.2, 0) is 12.7 Å². The van der Waals surface area contributed by atoms with Crippen LogP contribution in [0.3, 0.4) is 0 Å². The van der Waals surface area contributed by atoms with Gasteiger partial charge in [-0.15, -0.1) is 0 Å². The fraction of sp³-hybridized carbons (Fsp3) is 0.0870. The number of alkyl halides is 3. The quantitative estimate of drug-likeness (QED) is 0.162. The van der Waals surface area contributed by atoms with E-state index in [2.05, 4.69) is 10.5 Å². The highest BCUT2D eigenvalue weighted by Gasteiger charge is 2.33. The van der Waals surface area contributed by atoms with Crippen LogP contribution in [0.25, 0.3) is 10.9 Å². The van der Waals surface area contributed by atoms with Gasteiger partial charge in [-0.25, -0.2) is 4.39 Å². The Labute approximate surface area is 184 Å². The van der Waals surface area contributed by atoms with Gasteiger partial charge in [-0.2, -0.15) is 18.3 Å². The molecule has 4 aromatic rings. The number of hydrogen-bond acceptors (Lipinski definition) is 4. The van der Waals surface area contributed by atoms with Gasteiger partial charge < -0.3 is 4.57 Å². The smallest absolute Gasteiger partial charge is 0.342 e. The summed E-state index contributed by atoms with van der Waals surface area (Å²) in [6.45, 7) is 0.277. The topological polar surface area (TPSA) is 72.5 Å². The number of fused-ring (bicyclic) bond motifs is 1. The Kier molecular flexibility index (Phi) is 5.82. The van der Waals surface area contributed by atoms with Crippen LogP contribution >= 0.6 is 0 Å². The number of hydrazone groups is 1. The fourth-order valence-electron chi connectivity index (χ4n) is 3.44. The minimum atomic E-state index is -4.70. The zero-order chi connectivity index (χ0) is 23.6. The van der Waals surface area contributed by atoms with Crippen molar-refractivity contribution in [3.8, 4) is 0 Å². The third-order valence-corrected chi connectivity index (χ3v) is 5.03. The van der Waals surface area contributed by atoms with Crippen molar-refractivity contribution >= 4 is 28.5 Å². The highest BCUT2D eigenvalue weighted by atomic mass is 19.4. The summed E-state index contributed by atoms with van der Waals surface area (Å²) >= 11 is 0. The van der Waals surface area contributed by atoms with E-state index >= 15 is 0 Å². The van der Waals surface area contributed by atoms with Gasteiger partial charge in [0.2, 0.25) is 0 Å². The monoisotopic (exact) mass is 456 g/mol. The minimum Gasteiger partial charge on any atom is -0.342 e. The summed E-state index contributed by atoms with van der Waals surface area (Å²) in [5.41, 5.74) is 2.36. The van der Waals surface area contributed by atoms with Gasteiger partial charge in [0.15, 0.2) is 0 Å². The van der Waals surface area contributed by atoms with Gasteiger partial charge in [0.25, 0.3) is 5.69 Å². The number of nitro groups is 1. The number of halogens is 4. The lowest BCUT2D eigenvalue weighted by Gasteiger charge is -2.08. The molecule has 0 aliphatic rings. The van der Waals surface area contributed by atoms with E-state index in [0.29, 0.717) is 17.2 Å². The summed E-state index contributed by atoms with van der Waals surface area (Å²) < 4.78 is 54.6. The maximum atomic E-state index is 14.1. The average molecular weight is 456 g/mol. The number of rotatable bonds is 6. The maximum absolute atomic E-state index is 14.1. The second kappa shape index (κ2) is 8.73. The van der Waals surface area contributed by atoms with Crippen LogP contribution in [0.5, 0.6) is 0 Å². The Hall–Kier alpha value is -4.21. The Balaban J connectivity index is 1.63. The molecule has 4 rings (SSSR count). The fourth-order valence-corrected chi connectivity index (χ4v) is 3.44. The molecule has 6 nitrogen and oxygen atoms in total. The van der Waals surface area contributed by atoms with E-state index in [9.17, 15) is 27.7 Å². The van der Waals surface area contributed by atoms with E-state index in [0.717, 1.165) is 23.0 Å². The van der Waals surface area contributed by atoms with E-state index < -0.39 is 22.4 Å². The molecule has 3 aromatic carbocycles. The van der Waals surface area contributed by atoms with Gasteiger partial charge in [-0.3, -0.25) is 15.5 Å². The van der Waals surface area contributed by atoms with Crippen LogP contribution in [0.15, 0.2) is 78.0 Å². The Bertz CT molecular complexity index is 1360. The van der Waals surface area contributed by atoms with Gasteiger partial charge in [-0.1, -0.05) is 36.4 Å². The highest BCUT2D eigenvalue weighted by Crippen LogP contribution is 2.35. The van der Waals surface area contributed by atoms with Gasteiger partial charge in [0.05, 0.1) is 23.2 Å². The molecule has 0 spiro atoms. The molecular formula is C23H16F4N4O2. The van der Waals surface area contributed by atoms with E-state index in [1.54, 1.807) is 24.4 Å². The van der Waals surface area contributed by atoms with Crippen LogP contribution in [0.2, 0.25) is 0 Å². The molecule has 0 saturated carbocycles. The number of anilines is 1. The number of benzene rings is 3. The zero-order valence-electron chi connectivity index (χ0n) is 16.9. The average Bonchev–Trinajstić information content (AvgIpc) is 3.12. The van der Waals surface area contributed by atoms with Gasteiger partial charge >= 0.3 is 6.18 Å². The van der Waals surface area contributed by atoms with Crippen molar-refractivity contribution in [1.29, 1.82) is 0 Å².